The molecule has 0 aromatic carbocycles. The maximum absolute atomic E-state index is 12.3. The number of nitrogens with two attached hydrogens (primary N) is 1. The van der Waals surface area contributed by atoms with Gasteiger partial charge < -0.3 is 15.5 Å². The molecule has 5 nitrogen and oxygen atoms in total. The van der Waals surface area contributed by atoms with Crippen molar-refractivity contribution in [1.29, 1.82) is 0 Å². The lowest BCUT2D eigenvalue weighted by molar-refractivity contribution is -0.136. The molecule has 19 heavy (non-hydrogen) atoms. The largest absolute Gasteiger partial charge is 0.342 e. The second-order valence-electron chi connectivity index (χ2n) is 5.64. The SMILES string of the molecule is C[C@@H](N)c1cccnc1N1CCN(C)C(=O)C1(C)C. The molecule has 1 fully saturated rings. The quantitative estimate of drug-likeness (QED) is 0.868. The fraction of sp³-hybridized carbons (Fsp3) is 0.571. The van der Waals surface area contributed by atoms with Crippen LogP contribution in [0.5, 0.6) is 0 Å². The molecule has 0 radical (unpaired) electrons. The van der Waals surface area contributed by atoms with Crippen LogP contribution in [0.1, 0.15) is 32.4 Å². The molecule has 5 heteroatoms. The van der Waals surface area contributed by atoms with E-state index in [9.17, 15) is 4.79 Å². The normalized spacial score (nSPS) is 20.6. The van der Waals surface area contributed by atoms with Crippen LogP contribution in [0.2, 0.25) is 0 Å². The Balaban J connectivity index is 2.44. The fourth-order valence-electron chi connectivity index (χ4n) is 2.57. The van der Waals surface area contributed by atoms with Crippen molar-refractivity contribution < 1.29 is 4.79 Å². The van der Waals surface area contributed by atoms with Gasteiger partial charge in [0.25, 0.3) is 0 Å². The Morgan fingerprint density at radius 1 is 1.42 bits per heavy atom. The number of carbonyl (C=O) groups excluding carboxylic acids is 1. The second kappa shape index (κ2) is 4.81. The van der Waals surface area contributed by atoms with Gasteiger partial charge in [-0.05, 0) is 26.8 Å². The summed E-state index contributed by atoms with van der Waals surface area (Å²) in [5, 5.41) is 0. The zero-order valence-electron chi connectivity index (χ0n) is 12.1. The molecule has 2 N–H and O–H groups in total. The molecule has 0 aliphatic carbocycles. The molecule has 2 rings (SSSR count). The van der Waals surface area contributed by atoms with E-state index in [0.29, 0.717) is 6.54 Å². The lowest BCUT2D eigenvalue weighted by Crippen LogP contribution is -2.62. The minimum atomic E-state index is -0.592. The Kier molecular flexibility index (Phi) is 3.49. The summed E-state index contributed by atoms with van der Waals surface area (Å²) >= 11 is 0. The van der Waals surface area contributed by atoms with Crippen LogP contribution in [0.4, 0.5) is 5.82 Å². The Hall–Kier alpha value is -1.62. The molecule has 1 aliphatic heterocycles. The number of nitrogens with zero attached hydrogens (tertiary/aromatic N) is 3. The summed E-state index contributed by atoms with van der Waals surface area (Å²) in [6.45, 7) is 7.28. The van der Waals surface area contributed by atoms with E-state index in [-0.39, 0.29) is 11.9 Å². The first-order valence-corrected chi connectivity index (χ1v) is 6.59. The van der Waals surface area contributed by atoms with E-state index in [4.69, 9.17) is 5.73 Å². The minimum absolute atomic E-state index is 0.103. The molecule has 0 bridgehead atoms. The number of aromatic nitrogens is 1. The van der Waals surface area contributed by atoms with Crippen LogP contribution in [-0.4, -0.2) is 41.5 Å². The van der Waals surface area contributed by atoms with Gasteiger partial charge in [0, 0.05) is 37.9 Å². The van der Waals surface area contributed by atoms with Gasteiger partial charge >= 0.3 is 0 Å². The number of likely N-dealkylation sites (N-methyl/N-ethyl adjacent to an activating group) is 1. The number of amides is 1. The second-order valence-corrected chi connectivity index (χ2v) is 5.64. The van der Waals surface area contributed by atoms with Crippen LogP contribution in [0.25, 0.3) is 0 Å². The van der Waals surface area contributed by atoms with Gasteiger partial charge in [-0.25, -0.2) is 4.98 Å². The minimum Gasteiger partial charge on any atom is -0.342 e. The predicted molar refractivity (Wildman–Crippen MR) is 75.9 cm³/mol. The van der Waals surface area contributed by atoms with Crippen LogP contribution in [-0.2, 0) is 4.79 Å². The molecule has 104 valence electrons. The maximum atomic E-state index is 12.3. The smallest absolute Gasteiger partial charge is 0.247 e. The number of hydrogen-bond donors (Lipinski definition) is 1. The molecule has 1 amide bonds. The van der Waals surface area contributed by atoms with Gasteiger partial charge in [-0.2, -0.15) is 0 Å². The van der Waals surface area contributed by atoms with Crippen LogP contribution in [0.3, 0.4) is 0 Å². The summed E-state index contributed by atoms with van der Waals surface area (Å²) < 4.78 is 0. The van der Waals surface area contributed by atoms with Crippen LogP contribution >= 0.6 is 0 Å². The fourth-order valence-corrected chi connectivity index (χ4v) is 2.57. The van der Waals surface area contributed by atoms with Crippen LogP contribution in [0, 0.1) is 0 Å². The summed E-state index contributed by atoms with van der Waals surface area (Å²) in [6, 6.07) is 3.76. The number of rotatable bonds is 2. The number of carbonyl (C=O) groups is 1. The Bertz CT molecular complexity index is 484. The van der Waals surface area contributed by atoms with Crippen molar-refractivity contribution in [2.24, 2.45) is 5.73 Å². The highest BCUT2D eigenvalue weighted by Gasteiger charge is 2.41. The van der Waals surface area contributed by atoms with Gasteiger partial charge in [-0.1, -0.05) is 6.07 Å². The molecule has 1 atom stereocenters. The average molecular weight is 262 g/mol. The van der Waals surface area contributed by atoms with Crippen molar-refractivity contribution in [3.63, 3.8) is 0 Å². The third kappa shape index (κ3) is 2.30. The highest BCUT2D eigenvalue weighted by Crippen LogP contribution is 2.31. The molecule has 0 unspecified atom stereocenters. The molecule has 1 aliphatic rings. The molecular formula is C14H22N4O. The van der Waals surface area contributed by atoms with Crippen LogP contribution in [0.15, 0.2) is 18.3 Å². The van der Waals surface area contributed by atoms with Gasteiger partial charge in [0.1, 0.15) is 11.4 Å². The average Bonchev–Trinajstić information content (AvgIpc) is 2.36. The van der Waals surface area contributed by atoms with Gasteiger partial charge in [0.05, 0.1) is 0 Å². The van der Waals surface area contributed by atoms with E-state index < -0.39 is 5.54 Å². The highest BCUT2D eigenvalue weighted by molar-refractivity contribution is 5.90. The van der Waals surface area contributed by atoms with Crippen molar-refractivity contribution in [2.45, 2.75) is 32.4 Å². The first-order chi connectivity index (χ1) is 8.85. The maximum Gasteiger partial charge on any atom is 0.247 e. The zero-order valence-corrected chi connectivity index (χ0v) is 12.1. The van der Waals surface area contributed by atoms with Crippen molar-refractivity contribution in [2.75, 3.05) is 25.0 Å². The van der Waals surface area contributed by atoms with Crippen molar-refractivity contribution in [1.82, 2.24) is 9.88 Å². The van der Waals surface area contributed by atoms with Gasteiger partial charge in [-0.3, -0.25) is 4.79 Å². The van der Waals surface area contributed by atoms with Gasteiger partial charge in [0.2, 0.25) is 5.91 Å². The number of hydrogen-bond acceptors (Lipinski definition) is 4. The molecule has 0 spiro atoms. The van der Waals surface area contributed by atoms with E-state index in [2.05, 4.69) is 9.88 Å². The number of anilines is 1. The summed E-state index contributed by atoms with van der Waals surface area (Å²) in [4.78, 5) is 20.6. The number of pyridine rings is 1. The lowest BCUT2D eigenvalue weighted by atomic mass is 9.96. The molecule has 1 saturated heterocycles. The first-order valence-electron chi connectivity index (χ1n) is 6.59. The first kappa shape index (κ1) is 13.8. The van der Waals surface area contributed by atoms with Crippen molar-refractivity contribution in [3.05, 3.63) is 23.9 Å². The molecule has 1 aromatic rings. The predicted octanol–water partition coefficient (Wildman–Crippen LogP) is 1.16. The van der Waals surface area contributed by atoms with E-state index >= 15 is 0 Å². The van der Waals surface area contributed by atoms with Crippen molar-refractivity contribution >= 4 is 11.7 Å². The molecule has 1 aromatic heterocycles. The highest BCUT2D eigenvalue weighted by atomic mass is 16.2. The van der Waals surface area contributed by atoms with E-state index in [1.807, 2.05) is 40.0 Å². The molecular weight excluding hydrogens is 240 g/mol. The lowest BCUT2D eigenvalue weighted by Gasteiger charge is -2.46. The third-order valence-corrected chi connectivity index (χ3v) is 3.77. The standard InChI is InChI=1S/C14H22N4O/c1-10(15)11-6-5-7-16-12(11)18-9-8-17(4)13(19)14(18,2)3/h5-7,10H,8-9,15H2,1-4H3/t10-/m1/s1. The van der Waals surface area contributed by atoms with Crippen LogP contribution < -0.4 is 10.6 Å². The third-order valence-electron chi connectivity index (χ3n) is 3.77. The monoisotopic (exact) mass is 262 g/mol. The van der Waals surface area contributed by atoms with E-state index in [1.165, 1.54) is 0 Å². The van der Waals surface area contributed by atoms with Gasteiger partial charge in [-0.15, -0.1) is 0 Å². The summed E-state index contributed by atoms with van der Waals surface area (Å²) in [6.07, 6.45) is 1.75. The summed E-state index contributed by atoms with van der Waals surface area (Å²) in [5.74, 6) is 0.934. The Morgan fingerprint density at radius 3 is 2.74 bits per heavy atom. The topological polar surface area (TPSA) is 62.5 Å². The summed E-state index contributed by atoms with van der Waals surface area (Å²) in [5.41, 5.74) is 6.40. The van der Waals surface area contributed by atoms with Gasteiger partial charge in [0.15, 0.2) is 0 Å². The Labute approximate surface area is 114 Å². The number of piperazine rings is 1. The molecule has 2 heterocycles. The van der Waals surface area contributed by atoms with Crippen molar-refractivity contribution in [3.8, 4) is 0 Å². The Morgan fingerprint density at radius 2 is 2.11 bits per heavy atom. The van der Waals surface area contributed by atoms with E-state index in [1.54, 1.807) is 11.1 Å². The zero-order chi connectivity index (χ0) is 14.2. The van der Waals surface area contributed by atoms with E-state index in [0.717, 1.165) is 17.9 Å². The summed E-state index contributed by atoms with van der Waals surface area (Å²) in [7, 11) is 1.84. The molecule has 0 saturated carbocycles.